The number of nitro groups is 1. The summed E-state index contributed by atoms with van der Waals surface area (Å²) in [4.78, 5) is 25.7. The molecule has 0 radical (unpaired) electrons. The molecule has 1 amide bonds. The van der Waals surface area contributed by atoms with E-state index in [2.05, 4.69) is 6.07 Å². The van der Waals surface area contributed by atoms with Gasteiger partial charge in [-0.25, -0.2) is 0 Å². The molecule has 1 aliphatic heterocycles. The van der Waals surface area contributed by atoms with E-state index in [0.29, 0.717) is 38.4 Å². The molecule has 0 bridgehead atoms. The van der Waals surface area contributed by atoms with Gasteiger partial charge in [0.05, 0.1) is 17.5 Å². The predicted octanol–water partition coefficient (Wildman–Crippen LogP) is 0.339. The molecule has 1 heterocycles. The number of hydrogen-bond donors (Lipinski definition) is 1. The van der Waals surface area contributed by atoms with Gasteiger partial charge in [-0.3, -0.25) is 19.8 Å². The normalized spacial score (nSPS) is 15.5. The van der Waals surface area contributed by atoms with Crippen LogP contribution in [0.25, 0.3) is 0 Å². The quantitative estimate of drug-likeness (QED) is 0.485. The maximum Gasteiger partial charge on any atom is 0.293 e. The molecule has 0 saturated carbocycles. The number of nitro benzene ring substituents is 1. The Morgan fingerprint density at radius 2 is 2.05 bits per heavy atom. The molecule has 0 spiro atoms. The van der Waals surface area contributed by atoms with E-state index >= 15 is 0 Å². The van der Waals surface area contributed by atoms with Crippen LogP contribution in [0.3, 0.4) is 0 Å². The fraction of sp³-hybridized carbons (Fsp3) is 0.385. The third-order valence-electron chi connectivity index (χ3n) is 3.46. The van der Waals surface area contributed by atoms with Crippen molar-refractivity contribution in [3.63, 3.8) is 0 Å². The van der Waals surface area contributed by atoms with Gasteiger partial charge in [-0.2, -0.15) is 5.26 Å². The van der Waals surface area contributed by atoms with Gasteiger partial charge in [-0.15, -0.1) is 0 Å². The number of primary amides is 1. The third kappa shape index (κ3) is 3.27. The van der Waals surface area contributed by atoms with Crippen LogP contribution in [-0.2, 0) is 0 Å². The van der Waals surface area contributed by atoms with Crippen molar-refractivity contribution in [2.75, 3.05) is 37.6 Å². The number of anilines is 1. The van der Waals surface area contributed by atoms with Crippen LogP contribution < -0.4 is 10.6 Å². The Morgan fingerprint density at radius 3 is 2.57 bits per heavy atom. The first kappa shape index (κ1) is 14.7. The molecule has 0 aliphatic carbocycles. The molecule has 1 fully saturated rings. The van der Waals surface area contributed by atoms with E-state index in [-0.39, 0.29) is 11.3 Å². The maximum atomic E-state index is 11.2. The van der Waals surface area contributed by atoms with Crippen LogP contribution in [0.2, 0.25) is 0 Å². The van der Waals surface area contributed by atoms with Crippen molar-refractivity contribution in [3.05, 3.63) is 33.9 Å². The van der Waals surface area contributed by atoms with E-state index in [1.54, 1.807) is 6.07 Å². The Bertz CT molecular complexity index is 602. The van der Waals surface area contributed by atoms with Crippen molar-refractivity contribution in [2.45, 2.75) is 0 Å². The van der Waals surface area contributed by atoms with Crippen molar-refractivity contribution < 1.29 is 9.72 Å². The minimum absolute atomic E-state index is 0.119. The Hall–Kier alpha value is -2.66. The molecule has 2 N–H and O–H groups in total. The molecule has 0 atom stereocenters. The highest BCUT2D eigenvalue weighted by Gasteiger charge is 2.24. The van der Waals surface area contributed by atoms with Crippen molar-refractivity contribution in [1.29, 1.82) is 5.26 Å². The average Bonchev–Trinajstić information content (AvgIpc) is 2.47. The fourth-order valence-corrected chi connectivity index (χ4v) is 2.34. The van der Waals surface area contributed by atoms with Crippen molar-refractivity contribution in [1.82, 2.24) is 4.90 Å². The van der Waals surface area contributed by atoms with Gasteiger partial charge in [-0.05, 0) is 12.1 Å². The Kier molecular flexibility index (Phi) is 4.35. The van der Waals surface area contributed by atoms with E-state index < -0.39 is 10.8 Å². The summed E-state index contributed by atoms with van der Waals surface area (Å²) in [6.45, 7) is 2.89. The number of nitrogens with zero attached hydrogens (tertiary/aromatic N) is 4. The Morgan fingerprint density at radius 1 is 1.38 bits per heavy atom. The van der Waals surface area contributed by atoms with Crippen LogP contribution in [0.15, 0.2) is 18.2 Å². The summed E-state index contributed by atoms with van der Waals surface area (Å²) in [6, 6.07) is 6.34. The standard InChI is InChI=1S/C13H15N5O3/c14-3-4-16-5-7-17(8-6-16)11-2-1-10(13(15)19)9-12(11)18(20)21/h1-2,9H,4-8H2,(H2,15,19). The Labute approximate surface area is 121 Å². The minimum Gasteiger partial charge on any atom is -0.366 e. The molecule has 110 valence electrons. The first-order valence-electron chi connectivity index (χ1n) is 6.45. The number of piperazine rings is 1. The molecule has 1 saturated heterocycles. The van der Waals surface area contributed by atoms with Crippen LogP contribution in [0, 0.1) is 21.4 Å². The molecule has 8 nitrogen and oxygen atoms in total. The molecular formula is C13H15N5O3. The van der Waals surface area contributed by atoms with Gasteiger partial charge < -0.3 is 10.6 Å². The Balaban J connectivity index is 2.22. The van der Waals surface area contributed by atoms with Gasteiger partial charge >= 0.3 is 0 Å². The number of rotatable bonds is 4. The summed E-state index contributed by atoms with van der Waals surface area (Å²) < 4.78 is 0. The fourth-order valence-electron chi connectivity index (χ4n) is 2.34. The zero-order valence-corrected chi connectivity index (χ0v) is 11.4. The number of benzene rings is 1. The van der Waals surface area contributed by atoms with Crippen molar-refractivity contribution in [2.24, 2.45) is 5.73 Å². The summed E-state index contributed by atoms with van der Waals surface area (Å²) in [5.41, 5.74) is 5.62. The SMILES string of the molecule is N#CCN1CCN(c2ccc(C(N)=O)cc2[N+](=O)[O-])CC1. The lowest BCUT2D eigenvalue weighted by atomic mass is 10.1. The number of carbonyl (C=O) groups is 1. The number of nitrogens with two attached hydrogens (primary N) is 1. The third-order valence-corrected chi connectivity index (χ3v) is 3.46. The molecule has 1 aromatic carbocycles. The van der Waals surface area contributed by atoms with E-state index in [0.717, 1.165) is 0 Å². The zero-order valence-electron chi connectivity index (χ0n) is 11.4. The highest BCUT2D eigenvalue weighted by Crippen LogP contribution is 2.29. The van der Waals surface area contributed by atoms with Gasteiger partial charge in [0, 0.05) is 37.8 Å². The van der Waals surface area contributed by atoms with Gasteiger partial charge in [0.15, 0.2) is 0 Å². The minimum atomic E-state index is -0.691. The molecule has 0 unspecified atom stereocenters. The van der Waals surface area contributed by atoms with Crippen LogP contribution >= 0.6 is 0 Å². The lowest BCUT2D eigenvalue weighted by molar-refractivity contribution is -0.384. The number of nitriles is 1. The summed E-state index contributed by atoms with van der Waals surface area (Å²) in [6.07, 6.45) is 0. The zero-order chi connectivity index (χ0) is 15.4. The van der Waals surface area contributed by atoms with E-state index in [1.807, 2.05) is 9.80 Å². The second-order valence-electron chi connectivity index (χ2n) is 4.75. The molecular weight excluding hydrogens is 274 g/mol. The molecule has 8 heteroatoms. The average molecular weight is 289 g/mol. The molecule has 0 aromatic heterocycles. The summed E-state index contributed by atoms with van der Waals surface area (Å²) in [7, 11) is 0. The summed E-state index contributed by atoms with van der Waals surface area (Å²) >= 11 is 0. The maximum absolute atomic E-state index is 11.2. The first-order valence-corrected chi connectivity index (χ1v) is 6.45. The second-order valence-corrected chi connectivity index (χ2v) is 4.75. The van der Waals surface area contributed by atoms with Gasteiger partial charge in [0.1, 0.15) is 5.69 Å². The summed E-state index contributed by atoms with van der Waals surface area (Å²) in [5.74, 6) is -0.691. The van der Waals surface area contributed by atoms with Gasteiger partial charge in [-0.1, -0.05) is 0 Å². The molecule has 1 aromatic rings. The van der Waals surface area contributed by atoms with E-state index in [4.69, 9.17) is 11.0 Å². The van der Waals surface area contributed by atoms with Crippen molar-refractivity contribution >= 4 is 17.3 Å². The highest BCUT2D eigenvalue weighted by atomic mass is 16.6. The van der Waals surface area contributed by atoms with Crippen LogP contribution in [-0.4, -0.2) is 48.5 Å². The smallest absolute Gasteiger partial charge is 0.293 e. The highest BCUT2D eigenvalue weighted by molar-refractivity contribution is 5.94. The second kappa shape index (κ2) is 6.19. The molecule has 1 aliphatic rings. The van der Waals surface area contributed by atoms with Crippen LogP contribution in [0.4, 0.5) is 11.4 Å². The van der Waals surface area contributed by atoms with E-state index in [9.17, 15) is 14.9 Å². The lowest BCUT2D eigenvalue weighted by Crippen LogP contribution is -2.46. The topological polar surface area (TPSA) is 117 Å². The number of carbonyl (C=O) groups excluding carboxylic acids is 1. The number of hydrogen-bond acceptors (Lipinski definition) is 6. The first-order chi connectivity index (χ1) is 10.0. The molecule has 2 rings (SSSR count). The van der Waals surface area contributed by atoms with E-state index in [1.165, 1.54) is 12.1 Å². The van der Waals surface area contributed by atoms with Gasteiger partial charge in [0.2, 0.25) is 5.91 Å². The van der Waals surface area contributed by atoms with Gasteiger partial charge in [0.25, 0.3) is 5.69 Å². The van der Waals surface area contributed by atoms with Crippen LogP contribution in [0.1, 0.15) is 10.4 Å². The predicted molar refractivity (Wildman–Crippen MR) is 75.9 cm³/mol. The number of amides is 1. The van der Waals surface area contributed by atoms with Crippen molar-refractivity contribution in [3.8, 4) is 6.07 Å². The molecule has 21 heavy (non-hydrogen) atoms. The lowest BCUT2D eigenvalue weighted by Gasteiger charge is -2.34. The largest absolute Gasteiger partial charge is 0.366 e. The van der Waals surface area contributed by atoms with Crippen LogP contribution in [0.5, 0.6) is 0 Å². The monoisotopic (exact) mass is 289 g/mol. The summed E-state index contributed by atoms with van der Waals surface area (Å²) in [5, 5.41) is 19.8.